The Hall–Kier alpha value is -2.23. The van der Waals surface area contributed by atoms with Gasteiger partial charge in [0, 0.05) is 12.8 Å². The molecule has 1 N–H and O–H groups in total. The molecule has 0 saturated carbocycles. The minimum atomic E-state index is -1.51. The highest BCUT2D eigenvalue weighted by Crippen LogP contribution is 2.22. The van der Waals surface area contributed by atoms with Gasteiger partial charge in [0.2, 0.25) is 0 Å². The van der Waals surface area contributed by atoms with E-state index in [4.69, 9.17) is 18.9 Å². The number of carbonyl (C=O) groups excluding carboxylic acids is 2. The Morgan fingerprint density at radius 1 is 0.286 bits per heavy atom. The highest BCUT2D eigenvalue weighted by molar-refractivity contribution is 5.71. The minimum absolute atomic E-state index is 0.173. The van der Waals surface area contributed by atoms with E-state index in [0.29, 0.717) is 17.4 Å². The maximum atomic E-state index is 13.0. The molecule has 0 saturated heterocycles. The van der Waals surface area contributed by atoms with E-state index in [1.54, 1.807) is 0 Å². The molecule has 2 unspecified atom stereocenters. The number of allylic oxidation sites excluding steroid dienone is 4. The number of hydrogen-bond acceptors (Lipinski definition) is 7. The number of carboxylic acid groups (broad SMARTS) is 1. The standard InChI is InChI=1S/C96H185NO8/c1-6-8-10-12-14-16-18-20-22-24-26-28-30-32-34-36-38-40-42-44-46-47-49-50-52-54-56-58-60-62-64-66-68-70-72-74-76-78-80-82-84-86-93(98)103-90-92(91-104-96(95(100)101)102-89-88-97(3,4)5)105-94(99)87-85-83-81-79-77-75-73-71-69-67-65-63-61-59-57-55-53-51-48-45-43-41-39-37-35-33-31-29-27-25-23-21-19-17-15-13-11-9-7-2/h19,21,25,27,92,96H,6-18,20,22-24,26,28-91H2,1-5H3/p+1/b21-19-,27-25-. The van der Waals surface area contributed by atoms with Crippen LogP contribution in [-0.2, 0) is 33.3 Å². The van der Waals surface area contributed by atoms with Gasteiger partial charge in [0.1, 0.15) is 13.2 Å². The molecule has 105 heavy (non-hydrogen) atoms. The van der Waals surface area contributed by atoms with E-state index in [0.717, 1.165) is 44.9 Å². The number of quaternary nitrogens is 1. The van der Waals surface area contributed by atoms with Crippen LogP contribution in [0.5, 0.6) is 0 Å². The summed E-state index contributed by atoms with van der Waals surface area (Å²) in [6, 6.07) is 0. The smallest absolute Gasteiger partial charge is 0.361 e. The van der Waals surface area contributed by atoms with Crippen LogP contribution >= 0.6 is 0 Å². The highest BCUT2D eigenvalue weighted by atomic mass is 16.7. The van der Waals surface area contributed by atoms with Gasteiger partial charge in [-0.15, -0.1) is 0 Å². The third-order valence-electron chi connectivity index (χ3n) is 22.2. The second-order valence-electron chi connectivity index (χ2n) is 34.0. The first-order chi connectivity index (χ1) is 51.6. The highest BCUT2D eigenvalue weighted by Gasteiger charge is 2.25. The Morgan fingerprint density at radius 2 is 0.514 bits per heavy atom. The summed E-state index contributed by atoms with van der Waals surface area (Å²) in [7, 11) is 6.01. The molecule has 0 aromatic rings. The molecule has 9 nitrogen and oxygen atoms in total. The number of carboxylic acids is 1. The quantitative estimate of drug-likeness (QED) is 0.0211. The molecule has 0 fully saturated rings. The zero-order chi connectivity index (χ0) is 76.0. The fourth-order valence-corrected chi connectivity index (χ4v) is 15.0. The van der Waals surface area contributed by atoms with Gasteiger partial charge in [0.15, 0.2) is 6.10 Å². The summed E-state index contributed by atoms with van der Waals surface area (Å²) in [4.78, 5) is 37.9. The molecule has 0 aliphatic heterocycles. The first-order valence-corrected chi connectivity index (χ1v) is 47.5. The van der Waals surface area contributed by atoms with Gasteiger partial charge >= 0.3 is 17.9 Å². The van der Waals surface area contributed by atoms with E-state index in [1.807, 2.05) is 21.1 Å². The Bertz CT molecular complexity index is 1780. The first kappa shape index (κ1) is 103. The number of likely N-dealkylation sites (N-methyl/N-ethyl adjacent to an activating group) is 1. The van der Waals surface area contributed by atoms with Crippen molar-refractivity contribution in [1.82, 2.24) is 0 Å². The van der Waals surface area contributed by atoms with Crippen LogP contribution in [0.25, 0.3) is 0 Å². The molecule has 0 radical (unpaired) electrons. The number of carbonyl (C=O) groups is 3. The van der Waals surface area contributed by atoms with Crippen molar-refractivity contribution in [2.24, 2.45) is 0 Å². The molecule has 0 aromatic heterocycles. The second-order valence-corrected chi connectivity index (χ2v) is 34.0. The normalized spacial score (nSPS) is 12.6. The number of esters is 2. The zero-order valence-electron chi connectivity index (χ0n) is 71.7. The van der Waals surface area contributed by atoms with Gasteiger partial charge in [-0.1, -0.05) is 481 Å². The number of hydrogen-bond donors (Lipinski definition) is 1. The van der Waals surface area contributed by atoms with E-state index in [-0.39, 0.29) is 38.2 Å². The number of nitrogens with zero attached hydrogens (tertiary/aromatic N) is 1. The van der Waals surface area contributed by atoms with Gasteiger partial charge in [-0.3, -0.25) is 9.59 Å². The average Bonchev–Trinajstić information content (AvgIpc) is 1.97. The lowest BCUT2D eigenvalue weighted by Gasteiger charge is -2.25. The van der Waals surface area contributed by atoms with Crippen molar-refractivity contribution in [3.8, 4) is 0 Å². The van der Waals surface area contributed by atoms with Crippen LogP contribution in [-0.4, -0.2) is 87.4 Å². The van der Waals surface area contributed by atoms with Crippen molar-refractivity contribution < 1.29 is 42.9 Å². The van der Waals surface area contributed by atoms with Crippen molar-refractivity contribution in [3.05, 3.63) is 24.3 Å². The molecule has 0 rings (SSSR count). The third-order valence-corrected chi connectivity index (χ3v) is 22.2. The van der Waals surface area contributed by atoms with Crippen LogP contribution in [0.1, 0.15) is 515 Å². The molecule has 0 heterocycles. The van der Waals surface area contributed by atoms with E-state index >= 15 is 0 Å². The van der Waals surface area contributed by atoms with Gasteiger partial charge in [-0.05, 0) is 44.9 Å². The molecule has 0 amide bonds. The van der Waals surface area contributed by atoms with Crippen molar-refractivity contribution in [2.75, 3.05) is 47.5 Å². The first-order valence-electron chi connectivity index (χ1n) is 47.5. The molecular weight excluding hydrogens is 1300 g/mol. The number of ether oxygens (including phenoxy) is 4. The van der Waals surface area contributed by atoms with Crippen LogP contribution in [0.2, 0.25) is 0 Å². The Morgan fingerprint density at radius 3 is 0.752 bits per heavy atom. The summed E-state index contributed by atoms with van der Waals surface area (Å²) < 4.78 is 23.1. The molecule has 2 atom stereocenters. The SMILES string of the molecule is CCCCCCC/C=C\C/C=C\CCCCCCCCCCCCCCCCCCCCCCCCCCCCCC(=O)OC(COC(=O)CCCCCCCCCCCCCCCCCCCCCCCCCCCCCCCCCCCCCCCCCCC)COC(OCC[N+](C)(C)C)C(=O)O. The van der Waals surface area contributed by atoms with Gasteiger partial charge in [0.05, 0.1) is 34.4 Å². The van der Waals surface area contributed by atoms with E-state index in [1.165, 1.54) is 443 Å². The van der Waals surface area contributed by atoms with Crippen molar-refractivity contribution >= 4 is 17.9 Å². The Kier molecular flexibility index (Phi) is 85.5. The molecule has 622 valence electrons. The van der Waals surface area contributed by atoms with E-state index in [2.05, 4.69) is 38.2 Å². The van der Waals surface area contributed by atoms with Crippen LogP contribution in [0.3, 0.4) is 0 Å². The summed E-state index contributed by atoms with van der Waals surface area (Å²) in [5, 5.41) is 9.80. The zero-order valence-corrected chi connectivity index (χ0v) is 71.7. The van der Waals surface area contributed by atoms with Gasteiger partial charge < -0.3 is 28.5 Å². The lowest BCUT2D eigenvalue weighted by atomic mass is 10.0. The summed E-state index contributed by atoms with van der Waals surface area (Å²) in [6.07, 6.45) is 111. The lowest BCUT2D eigenvalue weighted by molar-refractivity contribution is -0.870. The number of unbranched alkanes of at least 4 members (excludes halogenated alkanes) is 72. The van der Waals surface area contributed by atoms with Crippen LogP contribution in [0.15, 0.2) is 24.3 Å². The van der Waals surface area contributed by atoms with Crippen molar-refractivity contribution in [2.45, 2.75) is 527 Å². The maximum Gasteiger partial charge on any atom is 0.361 e. The molecule has 0 aliphatic rings. The minimum Gasteiger partial charge on any atom is -0.477 e. The summed E-state index contributed by atoms with van der Waals surface area (Å²) in [6.45, 7) is 4.97. The fraction of sp³-hybridized carbons (Fsp3) is 0.927. The number of aliphatic carboxylic acids is 1. The summed E-state index contributed by atoms with van der Waals surface area (Å²) in [5.74, 6) is -1.96. The van der Waals surface area contributed by atoms with E-state index in [9.17, 15) is 19.5 Å². The molecule has 0 spiro atoms. The van der Waals surface area contributed by atoms with Gasteiger partial charge in [-0.25, -0.2) is 4.79 Å². The summed E-state index contributed by atoms with van der Waals surface area (Å²) in [5.41, 5.74) is 0. The predicted molar refractivity (Wildman–Crippen MR) is 457 cm³/mol. The topological polar surface area (TPSA) is 108 Å². The monoisotopic (exact) mass is 1480 g/mol. The molecule has 0 aliphatic carbocycles. The summed E-state index contributed by atoms with van der Waals surface area (Å²) >= 11 is 0. The fourth-order valence-electron chi connectivity index (χ4n) is 15.0. The number of rotatable bonds is 91. The predicted octanol–water partition coefficient (Wildman–Crippen LogP) is 31.2. The third kappa shape index (κ3) is 88.9. The van der Waals surface area contributed by atoms with E-state index < -0.39 is 18.4 Å². The van der Waals surface area contributed by atoms with Crippen molar-refractivity contribution in [3.63, 3.8) is 0 Å². The van der Waals surface area contributed by atoms with Gasteiger partial charge in [0.25, 0.3) is 6.29 Å². The van der Waals surface area contributed by atoms with Crippen LogP contribution in [0.4, 0.5) is 0 Å². The largest absolute Gasteiger partial charge is 0.477 e. The van der Waals surface area contributed by atoms with Crippen LogP contribution < -0.4 is 0 Å². The second kappa shape index (κ2) is 87.4. The lowest BCUT2D eigenvalue weighted by Crippen LogP contribution is -2.40. The van der Waals surface area contributed by atoms with Gasteiger partial charge in [-0.2, -0.15) is 0 Å². The average molecular weight is 1480 g/mol. The molecule has 0 bridgehead atoms. The van der Waals surface area contributed by atoms with Crippen LogP contribution in [0, 0.1) is 0 Å². The maximum absolute atomic E-state index is 13.0. The van der Waals surface area contributed by atoms with Crippen molar-refractivity contribution in [1.29, 1.82) is 0 Å². The molecule has 9 heteroatoms. The Labute approximate surface area is 656 Å². The Balaban J connectivity index is 3.85. The molecule has 0 aromatic carbocycles. The molecular formula is C96H186NO8+.